The topological polar surface area (TPSA) is 71.6 Å². The second-order valence-corrected chi connectivity index (χ2v) is 7.11. The average molecular weight is 348 g/mol. The number of hydrogen-bond acceptors (Lipinski definition) is 5. The monoisotopic (exact) mass is 348 g/mol. The summed E-state index contributed by atoms with van der Waals surface area (Å²) >= 11 is 1.52. The molecule has 1 aromatic carbocycles. The fourth-order valence-electron chi connectivity index (χ4n) is 2.96. The maximum absolute atomic E-state index is 12.6. The van der Waals surface area contributed by atoms with E-state index in [4.69, 9.17) is 0 Å². The third-order valence-corrected chi connectivity index (χ3v) is 5.36. The van der Waals surface area contributed by atoms with Crippen molar-refractivity contribution in [1.29, 1.82) is 5.26 Å². The standard InChI is InChI=1S/C19H16N4OS/c20-13-19(7-8-19)23-11-17(21-22-23)16(14-4-2-1-3-5-14)10-18(24)15-6-9-25-12-15/h1-6,9,11-12,16H,7-8,10H2/t16-/m0/s1. The number of carbonyl (C=O) groups is 1. The Morgan fingerprint density at radius 2 is 2.12 bits per heavy atom. The van der Waals surface area contributed by atoms with Crippen LogP contribution in [0.5, 0.6) is 0 Å². The first kappa shape index (κ1) is 15.7. The molecule has 5 nitrogen and oxygen atoms in total. The maximum atomic E-state index is 12.6. The zero-order valence-corrected chi connectivity index (χ0v) is 14.3. The summed E-state index contributed by atoms with van der Waals surface area (Å²) < 4.78 is 1.66. The van der Waals surface area contributed by atoms with Crippen LogP contribution in [0.25, 0.3) is 0 Å². The molecule has 1 saturated carbocycles. The SMILES string of the molecule is N#CC1(n2cc([C@@H](CC(=O)c3ccsc3)c3ccccc3)nn2)CC1. The van der Waals surface area contributed by atoms with Gasteiger partial charge in [0.15, 0.2) is 11.3 Å². The van der Waals surface area contributed by atoms with E-state index in [1.165, 1.54) is 11.3 Å². The number of benzene rings is 1. The van der Waals surface area contributed by atoms with E-state index >= 15 is 0 Å². The number of thiophene rings is 1. The minimum absolute atomic E-state index is 0.0890. The predicted octanol–water partition coefficient (Wildman–Crippen LogP) is 3.76. The highest BCUT2D eigenvalue weighted by atomic mass is 32.1. The van der Waals surface area contributed by atoms with E-state index in [9.17, 15) is 10.1 Å². The van der Waals surface area contributed by atoms with E-state index in [1.807, 2.05) is 53.4 Å². The summed E-state index contributed by atoms with van der Waals surface area (Å²) in [6.45, 7) is 0. The summed E-state index contributed by atoms with van der Waals surface area (Å²) in [4.78, 5) is 12.6. The van der Waals surface area contributed by atoms with Gasteiger partial charge in [-0.15, -0.1) is 5.10 Å². The van der Waals surface area contributed by atoms with Crippen LogP contribution in [0, 0.1) is 11.3 Å². The largest absolute Gasteiger partial charge is 0.294 e. The number of nitrogens with zero attached hydrogens (tertiary/aromatic N) is 4. The molecule has 0 aliphatic heterocycles. The van der Waals surface area contributed by atoms with Gasteiger partial charge in [0.2, 0.25) is 0 Å². The number of rotatable bonds is 6. The summed E-state index contributed by atoms with van der Waals surface area (Å²) in [6, 6.07) is 14.0. The van der Waals surface area contributed by atoms with E-state index in [0.29, 0.717) is 6.42 Å². The Kier molecular flexibility index (Phi) is 3.94. The minimum atomic E-state index is -0.538. The fourth-order valence-corrected chi connectivity index (χ4v) is 3.62. The van der Waals surface area contributed by atoms with E-state index in [-0.39, 0.29) is 11.7 Å². The van der Waals surface area contributed by atoms with Crippen LogP contribution in [0.3, 0.4) is 0 Å². The number of carbonyl (C=O) groups excluding carboxylic acids is 1. The molecule has 3 aromatic rings. The minimum Gasteiger partial charge on any atom is -0.294 e. The summed E-state index contributed by atoms with van der Waals surface area (Å²) in [5, 5.41) is 21.6. The molecule has 4 rings (SSSR count). The molecule has 2 heterocycles. The molecule has 1 aliphatic carbocycles. The lowest BCUT2D eigenvalue weighted by atomic mass is 9.90. The Labute approximate surface area is 149 Å². The molecule has 0 bridgehead atoms. The number of Topliss-reactive ketones (excluding diaryl/α,β-unsaturated/α-hetero) is 1. The highest BCUT2D eigenvalue weighted by Gasteiger charge is 2.46. The van der Waals surface area contributed by atoms with Gasteiger partial charge in [0.1, 0.15) is 0 Å². The van der Waals surface area contributed by atoms with Crippen LogP contribution in [0.15, 0.2) is 53.4 Å². The molecule has 6 heteroatoms. The van der Waals surface area contributed by atoms with Crippen LogP contribution in [-0.2, 0) is 5.54 Å². The third kappa shape index (κ3) is 2.99. The van der Waals surface area contributed by atoms with E-state index in [2.05, 4.69) is 16.4 Å². The summed E-state index contributed by atoms with van der Waals surface area (Å²) in [5.41, 5.74) is 1.95. The van der Waals surface area contributed by atoms with Crippen molar-refractivity contribution in [2.75, 3.05) is 0 Å². The van der Waals surface area contributed by atoms with Gasteiger partial charge < -0.3 is 0 Å². The van der Waals surface area contributed by atoms with E-state index < -0.39 is 5.54 Å². The summed E-state index contributed by atoms with van der Waals surface area (Å²) in [6.07, 6.45) is 3.76. The fraction of sp³-hybridized carbons (Fsp3) is 0.263. The van der Waals surface area contributed by atoms with Crippen LogP contribution < -0.4 is 0 Å². The number of hydrogen-bond donors (Lipinski definition) is 0. The van der Waals surface area contributed by atoms with E-state index in [1.54, 1.807) is 4.68 Å². The Morgan fingerprint density at radius 1 is 1.32 bits per heavy atom. The molecule has 0 spiro atoms. The van der Waals surface area contributed by atoms with Gasteiger partial charge in [0.25, 0.3) is 0 Å². The molecule has 25 heavy (non-hydrogen) atoms. The first-order valence-electron chi connectivity index (χ1n) is 8.16. The van der Waals surface area contributed by atoms with Crippen LogP contribution in [0.1, 0.15) is 46.8 Å². The number of aromatic nitrogens is 3. The molecule has 0 N–H and O–H groups in total. The molecule has 0 amide bonds. The van der Waals surface area contributed by atoms with E-state index in [0.717, 1.165) is 29.7 Å². The molecule has 1 atom stereocenters. The lowest BCUT2D eigenvalue weighted by Gasteiger charge is -2.14. The van der Waals surface area contributed by atoms with Gasteiger partial charge in [-0.3, -0.25) is 4.79 Å². The predicted molar refractivity (Wildman–Crippen MR) is 94.4 cm³/mol. The molecule has 1 aliphatic rings. The van der Waals surface area contributed by atoms with Crippen LogP contribution >= 0.6 is 11.3 Å². The lowest BCUT2D eigenvalue weighted by molar-refractivity contribution is 0.0977. The molecular weight excluding hydrogens is 332 g/mol. The van der Waals surface area contributed by atoms with Crippen molar-refractivity contribution in [2.45, 2.75) is 30.7 Å². The zero-order valence-electron chi connectivity index (χ0n) is 13.5. The van der Waals surface area contributed by atoms with Gasteiger partial charge in [-0.25, -0.2) is 4.68 Å². The van der Waals surface area contributed by atoms with Gasteiger partial charge in [-0.1, -0.05) is 35.5 Å². The Bertz CT molecular complexity index is 920. The summed E-state index contributed by atoms with van der Waals surface area (Å²) in [5.74, 6) is -0.0806. The summed E-state index contributed by atoms with van der Waals surface area (Å²) in [7, 11) is 0. The van der Waals surface area contributed by atoms with Crippen LogP contribution in [0.4, 0.5) is 0 Å². The van der Waals surface area contributed by atoms with Gasteiger partial charge in [-0.05, 0) is 29.9 Å². The van der Waals surface area contributed by atoms with Crippen molar-refractivity contribution < 1.29 is 4.79 Å². The van der Waals surface area contributed by atoms with Crippen molar-refractivity contribution >= 4 is 17.1 Å². The smallest absolute Gasteiger partial charge is 0.164 e. The molecule has 0 radical (unpaired) electrons. The quantitative estimate of drug-likeness (QED) is 0.636. The lowest BCUT2D eigenvalue weighted by Crippen LogP contribution is -2.15. The molecular formula is C19H16N4OS. The molecule has 1 fully saturated rings. The normalized spacial score (nSPS) is 16.1. The first-order chi connectivity index (χ1) is 12.2. The molecule has 124 valence electrons. The third-order valence-electron chi connectivity index (χ3n) is 4.67. The van der Waals surface area contributed by atoms with Crippen molar-refractivity contribution in [2.24, 2.45) is 0 Å². The van der Waals surface area contributed by atoms with Gasteiger partial charge in [0.05, 0.1) is 18.0 Å². The van der Waals surface area contributed by atoms with Gasteiger partial charge in [-0.2, -0.15) is 16.6 Å². The molecule has 0 saturated heterocycles. The highest BCUT2D eigenvalue weighted by Crippen LogP contribution is 2.42. The number of nitriles is 1. The Balaban J connectivity index is 1.66. The average Bonchev–Trinajstić information content (AvgIpc) is 3.05. The van der Waals surface area contributed by atoms with Gasteiger partial charge >= 0.3 is 0 Å². The Morgan fingerprint density at radius 3 is 2.76 bits per heavy atom. The van der Waals surface area contributed by atoms with Crippen LogP contribution in [-0.4, -0.2) is 20.8 Å². The van der Waals surface area contributed by atoms with Crippen LogP contribution in [0.2, 0.25) is 0 Å². The van der Waals surface area contributed by atoms with Crippen molar-refractivity contribution in [3.8, 4) is 6.07 Å². The first-order valence-corrected chi connectivity index (χ1v) is 9.10. The number of ketones is 1. The molecule has 2 aromatic heterocycles. The second-order valence-electron chi connectivity index (χ2n) is 6.33. The second kappa shape index (κ2) is 6.26. The zero-order chi connectivity index (χ0) is 17.3. The van der Waals surface area contributed by atoms with Crippen molar-refractivity contribution in [3.63, 3.8) is 0 Å². The van der Waals surface area contributed by atoms with Crippen molar-refractivity contribution in [1.82, 2.24) is 15.0 Å². The molecule has 0 unspecified atom stereocenters. The van der Waals surface area contributed by atoms with Crippen molar-refractivity contribution in [3.05, 3.63) is 70.2 Å². The van der Waals surface area contributed by atoms with Gasteiger partial charge in [0, 0.05) is 23.3 Å². The Hall–Kier alpha value is -2.78. The highest BCUT2D eigenvalue weighted by molar-refractivity contribution is 7.08. The maximum Gasteiger partial charge on any atom is 0.164 e.